The van der Waals surface area contributed by atoms with Gasteiger partial charge < -0.3 is 16.0 Å². The van der Waals surface area contributed by atoms with Crippen molar-refractivity contribution in [1.29, 1.82) is 0 Å². The second-order valence-electron chi connectivity index (χ2n) is 5.98. The number of halogens is 1. The lowest BCUT2D eigenvalue weighted by Gasteiger charge is -2.21. The second-order valence-corrected chi connectivity index (χ2v) is 6.39. The number of carbonyl (C=O) groups is 1. The van der Waals surface area contributed by atoms with Gasteiger partial charge in [-0.2, -0.15) is 0 Å². The molecular weight excluding hydrogens is 334 g/mol. The molecule has 0 saturated carbocycles. The van der Waals surface area contributed by atoms with Crippen molar-refractivity contribution >= 4 is 17.5 Å². The lowest BCUT2D eigenvalue weighted by Crippen LogP contribution is -2.35. The van der Waals surface area contributed by atoms with Crippen molar-refractivity contribution in [3.8, 4) is 0 Å². The standard InChI is InChI=1S/C20H26ClN3O/c21-19-9-5-4-8-18(19)16-23-20(25)11-14-24(15-12-22)13-10-17-6-2-1-3-7-17/h1-9H,10-16,22H2,(H,23,25). The molecule has 0 aliphatic carbocycles. The van der Waals surface area contributed by atoms with E-state index in [2.05, 4.69) is 22.3 Å². The number of nitrogens with zero attached hydrogens (tertiary/aromatic N) is 1. The minimum atomic E-state index is 0.0293. The SMILES string of the molecule is NCCN(CCC(=O)NCc1ccccc1Cl)CCc1ccccc1. The Labute approximate surface area is 155 Å². The first-order valence-electron chi connectivity index (χ1n) is 8.65. The van der Waals surface area contributed by atoms with Gasteiger partial charge in [0.2, 0.25) is 5.91 Å². The van der Waals surface area contributed by atoms with E-state index in [1.165, 1.54) is 5.56 Å². The molecule has 0 radical (unpaired) electrons. The number of nitrogens with two attached hydrogens (primary N) is 1. The second kappa shape index (κ2) is 10.9. The van der Waals surface area contributed by atoms with Gasteiger partial charge in [-0.15, -0.1) is 0 Å². The molecule has 2 aromatic rings. The third kappa shape index (κ3) is 7.26. The number of hydrogen-bond donors (Lipinski definition) is 2. The molecule has 0 aliphatic heterocycles. The van der Waals surface area contributed by atoms with Crippen LogP contribution in [-0.2, 0) is 17.8 Å². The van der Waals surface area contributed by atoms with Crippen molar-refractivity contribution in [1.82, 2.24) is 10.2 Å². The molecule has 4 nitrogen and oxygen atoms in total. The van der Waals surface area contributed by atoms with E-state index < -0.39 is 0 Å². The fraction of sp³-hybridized carbons (Fsp3) is 0.350. The first-order valence-corrected chi connectivity index (χ1v) is 9.03. The Bertz CT molecular complexity index is 648. The molecule has 5 heteroatoms. The number of carbonyl (C=O) groups excluding carboxylic acids is 1. The van der Waals surface area contributed by atoms with Crippen LogP contribution in [0, 0.1) is 0 Å². The molecule has 2 rings (SSSR count). The fourth-order valence-electron chi connectivity index (χ4n) is 2.63. The predicted octanol–water partition coefficient (Wildman–Crippen LogP) is 2.85. The molecule has 134 valence electrons. The van der Waals surface area contributed by atoms with Gasteiger partial charge in [-0.1, -0.05) is 60.1 Å². The largest absolute Gasteiger partial charge is 0.352 e. The van der Waals surface area contributed by atoms with Crippen molar-refractivity contribution in [2.45, 2.75) is 19.4 Å². The number of amides is 1. The molecule has 0 saturated heterocycles. The maximum Gasteiger partial charge on any atom is 0.221 e. The van der Waals surface area contributed by atoms with Gasteiger partial charge in [0.1, 0.15) is 0 Å². The van der Waals surface area contributed by atoms with Crippen molar-refractivity contribution in [3.05, 3.63) is 70.7 Å². The summed E-state index contributed by atoms with van der Waals surface area (Å²) in [5.41, 5.74) is 7.93. The van der Waals surface area contributed by atoms with Gasteiger partial charge in [-0.25, -0.2) is 0 Å². The normalized spacial score (nSPS) is 10.8. The fourth-order valence-corrected chi connectivity index (χ4v) is 2.84. The summed E-state index contributed by atoms with van der Waals surface area (Å²) >= 11 is 6.10. The maximum absolute atomic E-state index is 12.1. The zero-order valence-corrected chi connectivity index (χ0v) is 15.2. The third-order valence-electron chi connectivity index (χ3n) is 4.09. The Balaban J connectivity index is 1.73. The molecule has 0 unspecified atom stereocenters. The summed E-state index contributed by atoms with van der Waals surface area (Å²) < 4.78 is 0. The molecule has 0 spiro atoms. The van der Waals surface area contributed by atoms with Gasteiger partial charge in [-0.3, -0.25) is 4.79 Å². The minimum absolute atomic E-state index is 0.0293. The molecule has 2 aromatic carbocycles. The highest BCUT2D eigenvalue weighted by atomic mass is 35.5. The topological polar surface area (TPSA) is 58.4 Å². The predicted molar refractivity (Wildman–Crippen MR) is 104 cm³/mol. The van der Waals surface area contributed by atoms with Gasteiger partial charge in [0.15, 0.2) is 0 Å². The van der Waals surface area contributed by atoms with E-state index in [1.54, 1.807) is 0 Å². The van der Waals surface area contributed by atoms with Crippen molar-refractivity contribution in [2.75, 3.05) is 26.2 Å². The van der Waals surface area contributed by atoms with Crippen LogP contribution >= 0.6 is 11.6 Å². The molecule has 0 bridgehead atoms. The summed E-state index contributed by atoms with van der Waals surface area (Å²) in [5, 5.41) is 3.61. The first-order chi connectivity index (χ1) is 12.2. The van der Waals surface area contributed by atoms with Crippen LogP contribution in [0.25, 0.3) is 0 Å². The highest BCUT2D eigenvalue weighted by molar-refractivity contribution is 6.31. The number of nitrogens with one attached hydrogen (secondary N) is 1. The summed E-state index contributed by atoms with van der Waals surface area (Å²) in [6, 6.07) is 17.9. The molecule has 0 heterocycles. The van der Waals surface area contributed by atoms with Crippen molar-refractivity contribution in [3.63, 3.8) is 0 Å². The zero-order chi connectivity index (χ0) is 17.9. The van der Waals surface area contributed by atoms with E-state index in [4.69, 9.17) is 17.3 Å². The van der Waals surface area contributed by atoms with E-state index in [1.807, 2.05) is 42.5 Å². The number of rotatable bonds is 10. The van der Waals surface area contributed by atoms with Gasteiger partial charge in [0, 0.05) is 44.2 Å². The van der Waals surface area contributed by atoms with Gasteiger partial charge >= 0.3 is 0 Å². The summed E-state index contributed by atoms with van der Waals surface area (Å²) in [7, 11) is 0. The molecule has 0 atom stereocenters. The zero-order valence-electron chi connectivity index (χ0n) is 14.5. The number of hydrogen-bond acceptors (Lipinski definition) is 3. The number of benzene rings is 2. The molecule has 0 aliphatic rings. The Hall–Kier alpha value is -1.88. The van der Waals surface area contributed by atoms with Crippen LogP contribution in [-0.4, -0.2) is 37.0 Å². The summed E-state index contributed by atoms with van der Waals surface area (Å²) in [6.07, 6.45) is 1.42. The Morgan fingerprint density at radius 2 is 1.72 bits per heavy atom. The Morgan fingerprint density at radius 3 is 2.44 bits per heavy atom. The van der Waals surface area contributed by atoms with Gasteiger partial charge in [-0.05, 0) is 23.6 Å². The Kier molecular flexibility index (Phi) is 8.46. The van der Waals surface area contributed by atoms with Gasteiger partial charge in [0.05, 0.1) is 0 Å². The van der Waals surface area contributed by atoms with E-state index in [9.17, 15) is 4.79 Å². The molecule has 3 N–H and O–H groups in total. The highest BCUT2D eigenvalue weighted by Crippen LogP contribution is 2.14. The van der Waals surface area contributed by atoms with E-state index in [0.717, 1.165) is 25.1 Å². The molecule has 0 fully saturated rings. The van der Waals surface area contributed by atoms with E-state index in [-0.39, 0.29) is 5.91 Å². The average Bonchev–Trinajstić information content (AvgIpc) is 2.64. The van der Waals surface area contributed by atoms with E-state index in [0.29, 0.717) is 31.1 Å². The van der Waals surface area contributed by atoms with Crippen molar-refractivity contribution in [2.24, 2.45) is 5.73 Å². The van der Waals surface area contributed by atoms with Crippen LogP contribution < -0.4 is 11.1 Å². The monoisotopic (exact) mass is 359 g/mol. The van der Waals surface area contributed by atoms with Gasteiger partial charge in [0.25, 0.3) is 0 Å². The van der Waals surface area contributed by atoms with Crippen LogP contribution in [0.15, 0.2) is 54.6 Å². The van der Waals surface area contributed by atoms with Crippen LogP contribution in [0.2, 0.25) is 5.02 Å². The van der Waals surface area contributed by atoms with Crippen LogP contribution in [0.1, 0.15) is 17.5 Å². The van der Waals surface area contributed by atoms with Crippen LogP contribution in [0.3, 0.4) is 0 Å². The minimum Gasteiger partial charge on any atom is -0.352 e. The molecule has 25 heavy (non-hydrogen) atoms. The lowest BCUT2D eigenvalue weighted by atomic mass is 10.1. The van der Waals surface area contributed by atoms with E-state index >= 15 is 0 Å². The molecular formula is C20H26ClN3O. The van der Waals surface area contributed by atoms with Crippen LogP contribution in [0.4, 0.5) is 0 Å². The van der Waals surface area contributed by atoms with Crippen LogP contribution in [0.5, 0.6) is 0 Å². The first kappa shape index (κ1) is 19.4. The highest BCUT2D eigenvalue weighted by Gasteiger charge is 2.09. The summed E-state index contributed by atoms with van der Waals surface area (Å²) in [6.45, 7) is 3.46. The van der Waals surface area contributed by atoms with Crippen molar-refractivity contribution < 1.29 is 4.79 Å². The molecule has 0 aromatic heterocycles. The lowest BCUT2D eigenvalue weighted by molar-refractivity contribution is -0.121. The Morgan fingerprint density at radius 1 is 1.00 bits per heavy atom. The summed E-state index contributed by atoms with van der Waals surface area (Å²) in [4.78, 5) is 14.3. The third-order valence-corrected chi connectivity index (χ3v) is 4.46. The maximum atomic E-state index is 12.1. The molecule has 1 amide bonds. The summed E-state index contributed by atoms with van der Waals surface area (Å²) in [5.74, 6) is 0.0293. The average molecular weight is 360 g/mol. The smallest absolute Gasteiger partial charge is 0.221 e. The quantitative estimate of drug-likeness (QED) is 0.685.